The van der Waals surface area contributed by atoms with E-state index < -0.39 is 10.3 Å². The third kappa shape index (κ3) is 4.62. The minimum Gasteiger partial charge on any atom is -0.460 e. The maximum Gasteiger partial charge on any atom is 0.388 e. The van der Waals surface area contributed by atoms with Gasteiger partial charge in [-0.3, -0.25) is 0 Å². The lowest BCUT2D eigenvalue weighted by Crippen LogP contribution is -2.36. The zero-order valence-electron chi connectivity index (χ0n) is 13.7. The summed E-state index contributed by atoms with van der Waals surface area (Å²) in [5.41, 5.74) is 2.88. The molecule has 0 atom stereocenters. The first-order chi connectivity index (χ1) is 11.9. The van der Waals surface area contributed by atoms with E-state index in [9.17, 15) is 8.42 Å². The first-order valence-corrected chi connectivity index (χ1v) is 9.91. The van der Waals surface area contributed by atoms with Crippen LogP contribution in [0.25, 0.3) is 0 Å². The Morgan fingerprint density at radius 2 is 1.96 bits per heavy atom. The zero-order valence-corrected chi connectivity index (χ0v) is 16.1. The van der Waals surface area contributed by atoms with E-state index in [4.69, 9.17) is 8.92 Å². The van der Waals surface area contributed by atoms with Gasteiger partial charge in [-0.1, -0.05) is 52.3 Å². The maximum absolute atomic E-state index is 12.4. The van der Waals surface area contributed by atoms with E-state index in [-0.39, 0.29) is 25.6 Å². The van der Waals surface area contributed by atoms with Crippen molar-refractivity contribution < 1.29 is 17.3 Å². The van der Waals surface area contributed by atoms with Gasteiger partial charge in [0.05, 0.1) is 0 Å². The van der Waals surface area contributed by atoms with E-state index in [0.29, 0.717) is 0 Å². The molecule has 0 radical (unpaired) electrons. The van der Waals surface area contributed by atoms with E-state index in [0.717, 1.165) is 21.2 Å². The molecule has 0 bridgehead atoms. The summed E-state index contributed by atoms with van der Waals surface area (Å²) in [5, 5.41) is 0. The van der Waals surface area contributed by atoms with Crippen LogP contribution in [0.2, 0.25) is 0 Å². The monoisotopic (exact) mass is 423 g/mol. The summed E-state index contributed by atoms with van der Waals surface area (Å²) in [6.07, 6.45) is 1.64. The second kappa shape index (κ2) is 7.59. The molecule has 0 saturated heterocycles. The number of benzene rings is 2. The summed E-state index contributed by atoms with van der Waals surface area (Å²) in [5.74, 6) is 0.0195. The zero-order chi connectivity index (χ0) is 17.9. The second-order valence-corrected chi connectivity index (χ2v) is 8.16. The SMILES string of the molecule is Cc1ccc(Br)cc1CN1CC=C(OCc2ccccc2)OS1(=O)=O. The number of rotatable bonds is 5. The van der Waals surface area contributed by atoms with Gasteiger partial charge in [0.1, 0.15) is 6.61 Å². The van der Waals surface area contributed by atoms with E-state index in [1.165, 1.54) is 4.31 Å². The Bertz CT molecular complexity index is 881. The molecule has 0 fully saturated rings. The third-order valence-corrected chi connectivity index (χ3v) is 5.63. The van der Waals surface area contributed by atoms with Crippen LogP contribution in [0.3, 0.4) is 0 Å². The molecule has 0 unspecified atom stereocenters. The fraction of sp³-hybridized carbons (Fsp3) is 0.222. The molecule has 0 aliphatic carbocycles. The Morgan fingerprint density at radius 1 is 1.20 bits per heavy atom. The molecule has 7 heteroatoms. The molecule has 2 aromatic rings. The van der Waals surface area contributed by atoms with Crippen LogP contribution in [0, 0.1) is 6.92 Å². The van der Waals surface area contributed by atoms with E-state index in [2.05, 4.69) is 15.9 Å². The Hall–Kier alpha value is -1.83. The fourth-order valence-electron chi connectivity index (χ4n) is 2.41. The van der Waals surface area contributed by atoms with Crippen LogP contribution in [-0.2, 0) is 32.4 Å². The fourth-order valence-corrected chi connectivity index (χ4v) is 3.81. The highest BCUT2D eigenvalue weighted by atomic mass is 79.9. The molecule has 0 N–H and O–H groups in total. The van der Waals surface area contributed by atoms with Crippen LogP contribution in [0.15, 0.2) is 65.0 Å². The van der Waals surface area contributed by atoms with Crippen LogP contribution in [0.1, 0.15) is 16.7 Å². The Labute approximate surface area is 156 Å². The highest BCUT2D eigenvalue weighted by molar-refractivity contribution is 9.10. The molecule has 0 aromatic heterocycles. The van der Waals surface area contributed by atoms with Crippen molar-refractivity contribution in [2.75, 3.05) is 6.54 Å². The highest BCUT2D eigenvalue weighted by Gasteiger charge is 2.30. The molecule has 5 nitrogen and oxygen atoms in total. The normalized spacial score (nSPS) is 16.8. The van der Waals surface area contributed by atoms with Gasteiger partial charge < -0.3 is 8.92 Å². The largest absolute Gasteiger partial charge is 0.460 e. The van der Waals surface area contributed by atoms with Gasteiger partial charge in [-0.05, 0) is 35.7 Å². The van der Waals surface area contributed by atoms with Gasteiger partial charge >= 0.3 is 10.3 Å². The predicted octanol–water partition coefficient (Wildman–Crippen LogP) is 3.89. The summed E-state index contributed by atoms with van der Waals surface area (Å²) in [7, 11) is -3.88. The molecular weight excluding hydrogens is 406 g/mol. The number of nitrogens with zero attached hydrogens (tertiary/aromatic N) is 1. The first-order valence-electron chi connectivity index (χ1n) is 7.75. The van der Waals surface area contributed by atoms with Crippen molar-refractivity contribution in [1.29, 1.82) is 0 Å². The Kier molecular flexibility index (Phi) is 5.46. The van der Waals surface area contributed by atoms with Gasteiger partial charge in [0, 0.05) is 23.6 Å². The van der Waals surface area contributed by atoms with Gasteiger partial charge in [-0.15, -0.1) is 0 Å². The topological polar surface area (TPSA) is 55.8 Å². The number of hydrogen-bond donors (Lipinski definition) is 0. The van der Waals surface area contributed by atoms with Crippen molar-refractivity contribution in [3.8, 4) is 0 Å². The second-order valence-electron chi connectivity index (χ2n) is 5.70. The number of ether oxygens (including phenoxy) is 1. The molecule has 132 valence electrons. The molecule has 0 saturated carbocycles. The minimum absolute atomic E-state index is 0.0195. The maximum atomic E-state index is 12.4. The lowest BCUT2D eigenvalue weighted by molar-refractivity contribution is 0.0846. The van der Waals surface area contributed by atoms with Crippen molar-refractivity contribution in [3.63, 3.8) is 0 Å². The molecule has 0 amide bonds. The number of hydrogen-bond acceptors (Lipinski definition) is 4. The summed E-state index contributed by atoms with van der Waals surface area (Å²) in [6, 6.07) is 15.3. The van der Waals surface area contributed by atoms with Crippen LogP contribution in [0.5, 0.6) is 0 Å². The van der Waals surface area contributed by atoms with Crippen molar-refractivity contribution >= 4 is 26.2 Å². The molecule has 1 aliphatic rings. The molecule has 3 rings (SSSR count). The highest BCUT2D eigenvalue weighted by Crippen LogP contribution is 2.23. The Balaban J connectivity index is 1.68. The van der Waals surface area contributed by atoms with Crippen LogP contribution >= 0.6 is 15.9 Å². The average Bonchev–Trinajstić information content (AvgIpc) is 2.59. The minimum atomic E-state index is -3.88. The van der Waals surface area contributed by atoms with Gasteiger partial charge in [0.25, 0.3) is 5.95 Å². The van der Waals surface area contributed by atoms with Crippen molar-refractivity contribution in [2.24, 2.45) is 0 Å². The molecular formula is C18H18BrNO4S. The lowest BCUT2D eigenvalue weighted by Gasteiger charge is -2.26. The van der Waals surface area contributed by atoms with Gasteiger partial charge in [0.15, 0.2) is 0 Å². The smallest absolute Gasteiger partial charge is 0.388 e. The average molecular weight is 424 g/mol. The third-order valence-electron chi connectivity index (χ3n) is 3.85. The number of aryl methyl sites for hydroxylation is 1. The first kappa shape index (κ1) is 18.0. The standard InChI is InChI=1S/C18H18BrNO4S/c1-14-7-8-17(19)11-16(14)12-20-10-9-18(24-25(20,21)22)23-13-15-5-3-2-4-6-15/h2-9,11H,10,12-13H2,1H3. The molecule has 1 aliphatic heterocycles. The lowest BCUT2D eigenvalue weighted by atomic mass is 10.1. The van der Waals surface area contributed by atoms with Gasteiger partial charge in [0.2, 0.25) is 0 Å². The predicted molar refractivity (Wildman–Crippen MR) is 98.6 cm³/mol. The molecule has 25 heavy (non-hydrogen) atoms. The summed E-state index contributed by atoms with van der Waals surface area (Å²) in [6.45, 7) is 2.66. The summed E-state index contributed by atoms with van der Waals surface area (Å²) in [4.78, 5) is 0. The van der Waals surface area contributed by atoms with Gasteiger partial charge in [-0.2, -0.15) is 12.7 Å². The van der Waals surface area contributed by atoms with Crippen molar-refractivity contribution in [3.05, 3.63) is 81.7 Å². The van der Waals surface area contributed by atoms with Gasteiger partial charge in [-0.25, -0.2) is 0 Å². The van der Waals surface area contributed by atoms with Crippen molar-refractivity contribution in [1.82, 2.24) is 4.31 Å². The summed E-state index contributed by atoms with van der Waals surface area (Å²) >= 11 is 3.41. The van der Waals surface area contributed by atoms with Crippen LogP contribution in [0.4, 0.5) is 0 Å². The van der Waals surface area contributed by atoms with E-state index in [1.54, 1.807) is 6.08 Å². The molecule has 0 spiro atoms. The van der Waals surface area contributed by atoms with Crippen LogP contribution < -0.4 is 0 Å². The van der Waals surface area contributed by atoms with Crippen LogP contribution in [-0.4, -0.2) is 19.3 Å². The van der Waals surface area contributed by atoms with E-state index >= 15 is 0 Å². The number of halogens is 1. The molecule has 2 aromatic carbocycles. The quantitative estimate of drug-likeness (QED) is 0.731. The Morgan fingerprint density at radius 3 is 2.68 bits per heavy atom. The van der Waals surface area contributed by atoms with E-state index in [1.807, 2.05) is 55.5 Å². The van der Waals surface area contributed by atoms with Crippen molar-refractivity contribution in [2.45, 2.75) is 20.1 Å². The summed E-state index contributed by atoms with van der Waals surface area (Å²) < 4.78 is 37.5. The molecule has 1 heterocycles.